The summed E-state index contributed by atoms with van der Waals surface area (Å²) in [4.78, 5) is 25.6. The topological polar surface area (TPSA) is 61.2 Å². The summed E-state index contributed by atoms with van der Waals surface area (Å²) in [5.74, 6) is -1.21. The van der Waals surface area contributed by atoms with Crippen molar-refractivity contribution in [2.24, 2.45) is 5.92 Å². The Morgan fingerprint density at radius 2 is 2.32 bits per heavy atom. The van der Waals surface area contributed by atoms with Gasteiger partial charge in [-0.15, -0.1) is 0 Å². The summed E-state index contributed by atoms with van der Waals surface area (Å²) >= 11 is 5.91. The van der Waals surface area contributed by atoms with Crippen molar-refractivity contribution in [2.45, 2.75) is 19.3 Å². The lowest BCUT2D eigenvalue weighted by Gasteiger charge is -2.31. The van der Waals surface area contributed by atoms with Crippen molar-refractivity contribution in [2.75, 3.05) is 11.4 Å². The molecule has 0 bridgehead atoms. The quantitative estimate of drug-likeness (QED) is 0.797. The third-order valence-electron chi connectivity index (χ3n) is 3.20. The minimum atomic E-state index is -0.688. The third kappa shape index (κ3) is 2.94. The Morgan fingerprint density at radius 1 is 1.53 bits per heavy atom. The highest BCUT2D eigenvalue weighted by Gasteiger charge is 2.34. The molecule has 1 aliphatic heterocycles. The molecule has 0 N–H and O–H groups in total. The van der Waals surface area contributed by atoms with Gasteiger partial charge in [0.15, 0.2) is 5.78 Å². The Morgan fingerprint density at radius 3 is 3.00 bits per heavy atom. The first-order chi connectivity index (χ1) is 9.13. The van der Waals surface area contributed by atoms with E-state index in [9.17, 15) is 9.59 Å². The number of amides is 1. The molecule has 0 radical (unpaired) electrons. The Hall–Kier alpha value is -1.86. The molecular formula is C14H13ClN2O2. The molecule has 4 nitrogen and oxygen atoms in total. The molecule has 1 aromatic carbocycles. The zero-order valence-electron chi connectivity index (χ0n) is 10.3. The van der Waals surface area contributed by atoms with Crippen molar-refractivity contribution >= 4 is 29.0 Å². The standard InChI is InChI=1S/C14H13ClN2O2/c15-10-3-1-4-11(9-10)17-8-2-5-12(14(17)19)13(18)6-7-16/h1,3-4,9,12H,2,5-6,8H2/t12-/m1/s1. The Balaban J connectivity index is 2.21. The Labute approximate surface area is 116 Å². The summed E-state index contributed by atoms with van der Waals surface area (Å²) in [7, 11) is 0. The minimum Gasteiger partial charge on any atom is -0.312 e. The average Bonchev–Trinajstić information content (AvgIpc) is 2.39. The molecule has 0 aliphatic carbocycles. The van der Waals surface area contributed by atoms with E-state index in [0.717, 1.165) is 6.42 Å². The number of piperidine rings is 1. The monoisotopic (exact) mass is 276 g/mol. The van der Waals surface area contributed by atoms with Crippen molar-refractivity contribution in [3.63, 3.8) is 0 Å². The summed E-state index contributed by atoms with van der Waals surface area (Å²) in [5.41, 5.74) is 0.701. The molecule has 98 valence electrons. The van der Waals surface area contributed by atoms with Crippen LogP contribution in [0.2, 0.25) is 5.02 Å². The van der Waals surface area contributed by atoms with Gasteiger partial charge in [-0.25, -0.2) is 0 Å². The summed E-state index contributed by atoms with van der Waals surface area (Å²) in [5, 5.41) is 9.11. The van der Waals surface area contributed by atoms with Gasteiger partial charge >= 0.3 is 0 Å². The molecule has 2 rings (SSSR count). The maximum absolute atomic E-state index is 12.3. The lowest BCUT2D eigenvalue weighted by Crippen LogP contribution is -2.44. The van der Waals surface area contributed by atoms with Crippen molar-refractivity contribution in [1.29, 1.82) is 5.26 Å². The molecule has 0 unspecified atom stereocenters. The van der Waals surface area contributed by atoms with Crippen LogP contribution < -0.4 is 4.90 Å². The van der Waals surface area contributed by atoms with E-state index < -0.39 is 5.92 Å². The number of hydrogen-bond acceptors (Lipinski definition) is 3. The Kier molecular flexibility index (Phi) is 4.18. The summed E-state index contributed by atoms with van der Waals surface area (Å²) in [6, 6.07) is 8.81. The predicted octanol–water partition coefficient (Wildman–Crippen LogP) is 2.57. The van der Waals surface area contributed by atoms with E-state index in [2.05, 4.69) is 0 Å². The Bertz CT molecular complexity index is 551. The fourth-order valence-corrected chi connectivity index (χ4v) is 2.46. The SMILES string of the molecule is N#CCC(=O)[C@H]1CCCN(c2cccc(Cl)c2)C1=O. The first kappa shape index (κ1) is 13.6. The van der Waals surface area contributed by atoms with E-state index in [-0.39, 0.29) is 18.1 Å². The molecule has 0 saturated carbocycles. The lowest BCUT2D eigenvalue weighted by molar-refractivity contribution is -0.133. The van der Waals surface area contributed by atoms with Gasteiger partial charge in [0.05, 0.1) is 18.4 Å². The van der Waals surface area contributed by atoms with Crippen LogP contribution in [0.1, 0.15) is 19.3 Å². The first-order valence-corrected chi connectivity index (χ1v) is 6.48. The van der Waals surface area contributed by atoms with Crippen LogP contribution in [0, 0.1) is 17.2 Å². The van der Waals surface area contributed by atoms with Gasteiger partial charge in [0.25, 0.3) is 0 Å². The second-order valence-electron chi connectivity index (χ2n) is 4.47. The van der Waals surface area contributed by atoms with E-state index in [1.165, 1.54) is 0 Å². The minimum absolute atomic E-state index is 0.209. The second kappa shape index (κ2) is 5.85. The molecule has 1 heterocycles. The number of nitrogens with zero attached hydrogens (tertiary/aromatic N) is 2. The van der Waals surface area contributed by atoms with Gasteiger partial charge in [0, 0.05) is 17.3 Å². The van der Waals surface area contributed by atoms with Crippen LogP contribution in [0.5, 0.6) is 0 Å². The maximum atomic E-state index is 12.3. The van der Waals surface area contributed by atoms with Crippen molar-refractivity contribution < 1.29 is 9.59 Å². The second-order valence-corrected chi connectivity index (χ2v) is 4.90. The van der Waals surface area contributed by atoms with Gasteiger partial charge in [0.2, 0.25) is 5.91 Å². The zero-order valence-corrected chi connectivity index (χ0v) is 11.1. The van der Waals surface area contributed by atoms with E-state index in [0.29, 0.717) is 23.7 Å². The van der Waals surface area contributed by atoms with Crippen LogP contribution in [-0.4, -0.2) is 18.2 Å². The number of hydrogen-bond donors (Lipinski definition) is 0. The number of halogens is 1. The highest BCUT2D eigenvalue weighted by atomic mass is 35.5. The van der Waals surface area contributed by atoms with Gasteiger partial charge < -0.3 is 4.90 Å². The normalized spacial score (nSPS) is 19.1. The van der Waals surface area contributed by atoms with E-state index in [1.54, 1.807) is 29.2 Å². The summed E-state index contributed by atoms with van der Waals surface area (Å²) in [6.45, 7) is 0.579. The molecular weight excluding hydrogens is 264 g/mol. The number of anilines is 1. The number of benzene rings is 1. The van der Waals surface area contributed by atoms with Crippen LogP contribution in [0.4, 0.5) is 5.69 Å². The molecule has 1 aliphatic rings. The molecule has 5 heteroatoms. The third-order valence-corrected chi connectivity index (χ3v) is 3.44. The fraction of sp³-hybridized carbons (Fsp3) is 0.357. The maximum Gasteiger partial charge on any atom is 0.237 e. The van der Waals surface area contributed by atoms with E-state index in [4.69, 9.17) is 16.9 Å². The van der Waals surface area contributed by atoms with Crippen molar-refractivity contribution in [3.05, 3.63) is 29.3 Å². The van der Waals surface area contributed by atoms with Crippen LogP contribution in [-0.2, 0) is 9.59 Å². The number of nitriles is 1. The molecule has 1 saturated heterocycles. The summed E-state index contributed by atoms with van der Waals surface area (Å²) < 4.78 is 0. The van der Waals surface area contributed by atoms with Crippen molar-refractivity contribution in [1.82, 2.24) is 0 Å². The smallest absolute Gasteiger partial charge is 0.237 e. The first-order valence-electron chi connectivity index (χ1n) is 6.10. The zero-order chi connectivity index (χ0) is 13.8. The lowest BCUT2D eigenvalue weighted by atomic mass is 9.91. The molecule has 0 aromatic heterocycles. The van der Waals surface area contributed by atoms with Gasteiger partial charge in [-0.2, -0.15) is 5.26 Å². The van der Waals surface area contributed by atoms with Crippen LogP contribution in [0.15, 0.2) is 24.3 Å². The van der Waals surface area contributed by atoms with E-state index in [1.807, 2.05) is 6.07 Å². The molecule has 1 amide bonds. The number of carbonyl (C=O) groups excluding carboxylic acids is 2. The molecule has 1 fully saturated rings. The van der Waals surface area contributed by atoms with E-state index >= 15 is 0 Å². The highest BCUT2D eigenvalue weighted by molar-refractivity contribution is 6.31. The number of Topliss-reactive ketones (excluding diaryl/α,β-unsaturated/α-hetero) is 1. The predicted molar refractivity (Wildman–Crippen MR) is 71.8 cm³/mol. The fourth-order valence-electron chi connectivity index (χ4n) is 2.28. The molecule has 1 atom stereocenters. The number of carbonyl (C=O) groups is 2. The highest BCUT2D eigenvalue weighted by Crippen LogP contribution is 2.27. The van der Waals surface area contributed by atoms with Crippen LogP contribution in [0.25, 0.3) is 0 Å². The van der Waals surface area contributed by atoms with Crippen LogP contribution in [0.3, 0.4) is 0 Å². The molecule has 0 spiro atoms. The number of rotatable bonds is 3. The molecule has 1 aromatic rings. The van der Waals surface area contributed by atoms with Gasteiger partial charge in [-0.05, 0) is 31.0 Å². The van der Waals surface area contributed by atoms with Gasteiger partial charge in [-0.3, -0.25) is 9.59 Å². The van der Waals surface area contributed by atoms with Crippen molar-refractivity contribution in [3.8, 4) is 6.07 Å². The average molecular weight is 277 g/mol. The molecule has 19 heavy (non-hydrogen) atoms. The number of ketones is 1. The van der Waals surface area contributed by atoms with Gasteiger partial charge in [0.1, 0.15) is 0 Å². The van der Waals surface area contributed by atoms with Crippen LogP contribution >= 0.6 is 11.6 Å². The summed E-state index contributed by atoms with van der Waals surface area (Å²) in [6.07, 6.45) is 1.07. The van der Waals surface area contributed by atoms with Gasteiger partial charge in [-0.1, -0.05) is 17.7 Å². The largest absolute Gasteiger partial charge is 0.312 e.